The van der Waals surface area contributed by atoms with Gasteiger partial charge in [0.1, 0.15) is 5.41 Å². The second-order valence-electron chi connectivity index (χ2n) is 4.78. The van der Waals surface area contributed by atoms with E-state index in [9.17, 15) is 13.2 Å². The monoisotopic (exact) mass is 265 g/mol. The Bertz CT molecular complexity index is 607. The molecule has 2 rings (SSSR count). The third-order valence-electron chi connectivity index (χ3n) is 3.76. The van der Waals surface area contributed by atoms with E-state index in [0.717, 1.165) is 0 Å². The molecule has 1 aromatic rings. The molecular weight excluding hydrogens is 255 g/mol. The lowest BCUT2D eigenvalue weighted by Gasteiger charge is -2.22. The number of nitrogens with zero attached hydrogens (tertiary/aromatic N) is 2. The summed E-state index contributed by atoms with van der Waals surface area (Å²) in [4.78, 5) is 0. The van der Waals surface area contributed by atoms with Crippen molar-refractivity contribution in [1.82, 2.24) is 0 Å². The summed E-state index contributed by atoms with van der Waals surface area (Å²) in [6.07, 6.45) is -5.18. The normalized spacial score (nSPS) is 24.3. The number of hydrogen-bond donors (Lipinski definition) is 1. The maximum Gasteiger partial charge on any atom is 0.401 e. The maximum atomic E-state index is 13.3. The van der Waals surface area contributed by atoms with Crippen LogP contribution in [0, 0.1) is 35.0 Å². The van der Waals surface area contributed by atoms with E-state index in [-0.39, 0.29) is 5.56 Å². The number of nitrogen functional groups attached to an aromatic ring is 1. The summed E-state index contributed by atoms with van der Waals surface area (Å²) >= 11 is 0. The van der Waals surface area contributed by atoms with E-state index in [1.807, 2.05) is 0 Å². The average Bonchev–Trinajstić information content (AvgIpc) is 3.04. The molecule has 1 saturated carbocycles. The molecule has 0 bridgehead atoms. The number of halogens is 3. The van der Waals surface area contributed by atoms with Crippen LogP contribution in [0.3, 0.4) is 0 Å². The predicted molar refractivity (Wildman–Crippen MR) is 61.6 cm³/mol. The molecule has 1 aliphatic carbocycles. The molecule has 1 aromatic carbocycles. The zero-order valence-electron chi connectivity index (χ0n) is 10.0. The molecule has 98 valence electrons. The van der Waals surface area contributed by atoms with Crippen molar-refractivity contribution in [1.29, 1.82) is 10.5 Å². The summed E-state index contributed by atoms with van der Waals surface area (Å²) in [5.74, 6) is 0. The third-order valence-corrected chi connectivity index (χ3v) is 3.76. The summed E-state index contributed by atoms with van der Waals surface area (Å²) < 4.78 is 40.0. The Morgan fingerprint density at radius 3 is 2.21 bits per heavy atom. The van der Waals surface area contributed by atoms with Crippen molar-refractivity contribution in [3.63, 3.8) is 0 Å². The van der Waals surface area contributed by atoms with Gasteiger partial charge in [-0.1, -0.05) is 12.1 Å². The van der Waals surface area contributed by atoms with Gasteiger partial charge in [-0.05, 0) is 24.1 Å². The Hall–Kier alpha value is -2.21. The molecule has 1 atom stereocenters. The van der Waals surface area contributed by atoms with E-state index in [2.05, 4.69) is 0 Å². The Labute approximate surface area is 108 Å². The molecule has 1 aliphatic rings. The molecule has 0 aliphatic heterocycles. The van der Waals surface area contributed by atoms with Gasteiger partial charge in [0.05, 0.1) is 12.1 Å². The first-order chi connectivity index (χ1) is 8.74. The third kappa shape index (κ3) is 1.50. The van der Waals surface area contributed by atoms with Crippen LogP contribution < -0.4 is 5.73 Å². The van der Waals surface area contributed by atoms with Crippen LogP contribution in [0.2, 0.25) is 0 Å². The largest absolute Gasteiger partial charge is 0.401 e. The lowest BCUT2D eigenvalue weighted by molar-refractivity contribution is -0.165. The molecule has 0 amide bonds. The smallest absolute Gasteiger partial charge is 0.399 e. The summed E-state index contributed by atoms with van der Waals surface area (Å²) in [6, 6.07) is 6.96. The number of benzene rings is 1. The summed E-state index contributed by atoms with van der Waals surface area (Å²) in [6.45, 7) is 1.59. The lowest BCUT2D eigenvalue weighted by Crippen LogP contribution is -2.34. The highest BCUT2D eigenvalue weighted by atomic mass is 19.4. The number of nitriles is 2. The lowest BCUT2D eigenvalue weighted by atomic mass is 9.85. The maximum absolute atomic E-state index is 13.3. The van der Waals surface area contributed by atoms with Crippen molar-refractivity contribution < 1.29 is 13.2 Å². The van der Waals surface area contributed by atoms with Gasteiger partial charge in [0.2, 0.25) is 0 Å². The van der Waals surface area contributed by atoms with E-state index in [1.54, 1.807) is 6.92 Å². The van der Waals surface area contributed by atoms with Crippen LogP contribution >= 0.6 is 0 Å². The minimum atomic E-state index is -4.65. The summed E-state index contributed by atoms with van der Waals surface area (Å²) in [7, 11) is 0. The Kier molecular flexibility index (Phi) is 2.54. The minimum absolute atomic E-state index is 0.0743. The molecule has 19 heavy (non-hydrogen) atoms. The number of anilines is 1. The fourth-order valence-corrected chi connectivity index (χ4v) is 2.44. The second kappa shape index (κ2) is 3.64. The van der Waals surface area contributed by atoms with Gasteiger partial charge in [0, 0.05) is 12.1 Å². The summed E-state index contributed by atoms with van der Waals surface area (Å²) in [5.41, 5.74) is 1.95. The van der Waals surface area contributed by atoms with Gasteiger partial charge in [-0.25, -0.2) is 0 Å². The SMILES string of the molecule is Cc1cc(C2(C(F)(F)F)CC2(C#N)C#N)ccc1N. The fourth-order valence-electron chi connectivity index (χ4n) is 2.44. The van der Waals surface area contributed by atoms with Crippen molar-refractivity contribution in [2.24, 2.45) is 5.41 Å². The fraction of sp³-hybridized carbons (Fsp3) is 0.385. The van der Waals surface area contributed by atoms with E-state index in [1.165, 1.54) is 30.3 Å². The highest BCUT2D eigenvalue weighted by Crippen LogP contribution is 2.71. The molecule has 1 fully saturated rings. The van der Waals surface area contributed by atoms with Gasteiger partial charge in [0.15, 0.2) is 5.41 Å². The van der Waals surface area contributed by atoms with E-state index in [0.29, 0.717) is 11.3 Å². The van der Waals surface area contributed by atoms with E-state index in [4.69, 9.17) is 16.3 Å². The Balaban J connectivity index is 2.65. The molecule has 0 heterocycles. The topological polar surface area (TPSA) is 73.6 Å². The van der Waals surface area contributed by atoms with Crippen LogP contribution in [0.4, 0.5) is 18.9 Å². The van der Waals surface area contributed by atoms with Crippen LogP contribution in [0.15, 0.2) is 18.2 Å². The molecule has 0 aromatic heterocycles. The van der Waals surface area contributed by atoms with Crippen molar-refractivity contribution in [3.8, 4) is 12.1 Å². The first-order valence-electron chi connectivity index (χ1n) is 5.50. The quantitative estimate of drug-likeness (QED) is 0.793. The van der Waals surface area contributed by atoms with Crippen molar-refractivity contribution in [3.05, 3.63) is 29.3 Å². The minimum Gasteiger partial charge on any atom is -0.399 e. The number of aryl methyl sites for hydroxylation is 1. The molecule has 2 N–H and O–H groups in total. The van der Waals surface area contributed by atoms with Gasteiger partial charge < -0.3 is 5.73 Å². The van der Waals surface area contributed by atoms with Gasteiger partial charge in [-0.15, -0.1) is 0 Å². The van der Waals surface area contributed by atoms with Gasteiger partial charge in [-0.2, -0.15) is 23.7 Å². The predicted octanol–water partition coefficient (Wildman–Crippen LogP) is 2.81. The highest BCUT2D eigenvalue weighted by molar-refractivity contribution is 5.56. The van der Waals surface area contributed by atoms with Crippen molar-refractivity contribution >= 4 is 5.69 Å². The van der Waals surface area contributed by atoms with Crippen LogP contribution in [-0.2, 0) is 5.41 Å². The van der Waals surface area contributed by atoms with Crippen molar-refractivity contribution in [2.75, 3.05) is 5.73 Å². The highest BCUT2D eigenvalue weighted by Gasteiger charge is 2.82. The van der Waals surface area contributed by atoms with Crippen LogP contribution in [0.1, 0.15) is 17.5 Å². The molecule has 0 spiro atoms. The first-order valence-corrected chi connectivity index (χ1v) is 5.50. The van der Waals surface area contributed by atoms with Gasteiger partial charge >= 0.3 is 6.18 Å². The molecule has 1 unspecified atom stereocenters. The van der Waals surface area contributed by atoms with Crippen LogP contribution in [0.5, 0.6) is 0 Å². The zero-order chi connectivity index (χ0) is 14.5. The van der Waals surface area contributed by atoms with E-state index >= 15 is 0 Å². The molecule has 0 saturated heterocycles. The molecular formula is C13H10F3N3. The molecule has 0 radical (unpaired) electrons. The number of rotatable bonds is 1. The van der Waals surface area contributed by atoms with Gasteiger partial charge in [0.25, 0.3) is 0 Å². The van der Waals surface area contributed by atoms with Crippen molar-refractivity contribution in [2.45, 2.75) is 24.9 Å². The number of nitrogens with two attached hydrogens (primary N) is 1. The number of hydrogen-bond acceptors (Lipinski definition) is 3. The first kappa shape index (κ1) is 13.2. The van der Waals surface area contributed by atoms with Gasteiger partial charge in [-0.3, -0.25) is 0 Å². The van der Waals surface area contributed by atoms with Crippen LogP contribution in [0.25, 0.3) is 0 Å². The Morgan fingerprint density at radius 1 is 1.26 bits per heavy atom. The zero-order valence-corrected chi connectivity index (χ0v) is 10.0. The molecule has 6 heteroatoms. The average molecular weight is 265 g/mol. The number of alkyl halides is 3. The second-order valence-corrected chi connectivity index (χ2v) is 4.78. The van der Waals surface area contributed by atoms with Crippen LogP contribution in [-0.4, -0.2) is 6.18 Å². The molecule has 3 nitrogen and oxygen atoms in total. The van der Waals surface area contributed by atoms with E-state index < -0.39 is 23.4 Å². The summed E-state index contributed by atoms with van der Waals surface area (Å²) in [5, 5.41) is 17.9. The Morgan fingerprint density at radius 2 is 1.84 bits per heavy atom. The standard InChI is InChI=1S/C13H10F3N3/c1-8-4-9(2-3-10(8)19)12(13(14,15)16)5-11(12,6-17)7-18/h2-4H,5,19H2,1H3.